The van der Waals surface area contributed by atoms with Crippen molar-refractivity contribution in [1.82, 2.24) is 5.32 Å². The number of rotatable bonds is 4. The molecular formula is C21H27N3O. The molecule has 2 fully saturated rings. The molecule has 0 radical (unpaired) electrons. The van der Waals surface area contributed by atoms with Gasteiger partial charge >= 0.3 is 0 Å². The zero-order valence-electron chi connectivity index (χ0n) is 15.1. The van der Waals surface area contributed by atoms with Crippen LogP contribution in [-0.2, 0) is 4.79 Å². The second-order valence-electron chi connectivity index (χ2n) is 7.21. The van der Waals surface area contributed by atoms with Crippen LogP contribution >= 0.6 is 0 Å². The second kappa shape index (κ2) is 8.20. The lowest BCUT2D eigenvalue weighted by atomic mass is 10.0. The van der Waals surface area contributed by atoms with Gasteiger partial charge in [0, 0.05) is 24.8 Å². The molecule has 25 heavy (non-hydrogen) atoms. The number of anilines is 1. The van der Waals surface area contributed by atoms with E-state index < -0.39 is 0 Å². The summed E-state index contributed by atoms with van der Waals surface area (Å²) in [4.78, 5) is 14.8. The van der Waals surface area contributed by atoms with Crippen LogP contribution in [0, 0.1) is 18.3 Å². The Kier molecular flexibility index (Phi) is 5.75. The van der Waals surface area contributed by atoms with Gasteiger partial charge in [-0.15, -0.1) is 0 Å². The molecule has 0 unspecified atom stereocenters. The Morgan fingerprint density at radius 2 is 1.92 bits per heavy atom. The maximum absolute atomic E-state index is 12.4. The number of nitrogens with zero attached hydrogens (tertiary/aromatic N) is 2. The van der Waals surface area contributed by atoms with Gasteiger partial charge in [0.1, 0.15) is 11.6 Å². The number of hydrogen-bond acceptors (Lipinski definition) is 3. The Morgan fingerprint density at radius 3 is 2.56 bits per heavy atom. The molecule has 2 aliphatic rings. The average Bonchev–Trinajstić information content (AvgIpc) is 3.14. The van der Waals surface area contributed by atoms with Crippen molar-refractivity contribution in [2.75, 3.05) is 18.0 Å². The van der Waals surface area contributed by atoms with E-state index in [-0.39, 0.29) is 17.5 Å². The van der Waals surface area contributed by atoms with E-state index in [9.17, 15) is 10.1 Å². The second-order valence-corrected chi connectivity index (χ2v) is 7.21. The van der Waals surface area contributed by atoms with Crippen molar-refractivity contribution in [2.24, 2.45) is 0 Å². The predicted octanol–water partition coefficient (Wildman–Crippen LogP) is 3.95. The Bertz CT molecular complexity index is 690. The van der Waals surface area contributed by atoms with Crippen LogP contribution in [-0.4, -0.2) is 25.0 Å². The molecule has 4 heteroatoms. The zero-order valence-corrected chi connectivity index (χ0v) is 15.1. The van der Waals surface area contributed by atoms with Gasteiger partial charge in [-0.2, -0.15) is 5.26 Å². The molecule has 1 amide bonds. The molecule has 1 N–H and O–H groups in total. The lowest BCUT2D eigenvalue weighted by Gasteiger charge is -2.29. The number of amides is 1. The number of carbonyl (C=O) groups is 1. The summed E-state index contributed by atoms with van der Waals surface area (Å²) >= 11 is 0. The third-order valence-corrected chi connectivity index (χ3v) is 5.33. The van der Waals surface area contributed by atoms with E-state index >= 15 is 0 Å². The van der Waals surface area contributed by atoms with Crippen molar-refractivity contribution in [3.8, 4) is 6.07 Å². The minimum Gasteiger partial charge on any atom is -0.372 e. The molecule has 1 saturated carbocycles. The van der Waals surface area contributed by atoms with Crippen LogP contribution in [0.2, 0.25) is 0 Å². The van der Waals surface area contributed by atoms with Gasteiger partial charge in [-0.1, -0.05) is 18.9 Å². The van der Waals surface area contributed by atoms with E-state index in [1.807, 2.05) is 13.0 Å². The first-order valence-electron chi connectivity index (χ1n) is 9.45. The lowest BCUT2D eigenvalue weighted by Crippen LogP contribution is -2.33. The summed E-state index contributed by atoms with van der Waals surface area (Å²) in [7, 11) is 0. The van der Waals surface area contributed by atoms with Crippen LogP contribution in [0.15, 0.2) is 23.8 Å². The molecule has 1 aliphatic carbocycles. The number of aryl methyl sites for hydroxylation is 1. The van der Waals surface area contributed by atoms with Gasteiger partial charge in [-0.3, -0.25) is 4.79 Å². The summed E-state index contributed by atoms with van der Waals surface area (Å²) in [6.45, 7) is 4.27. The van der Waals surface area contributed by atoms with Gasteiger partial charge in [-0.25, -0.2) is 0 Å². The van der Waals surface area contributed by atoms with Gasteiger partial charge in [0.2, 0.25) is 0 Å². The van der Waals surface area contributed by atoms with Gasteiger partial charge in [-0.05, 0) is 68.4 Å². The van der Waals surface area contributed by atoms with E-state index in [4.69, 9.17) is 0 Å². The zero-order chi connectivity index (χ0) is 17.6. The topological polar surface area (TPSA) is 56.1 Å². The van der Waals surface area contributed by atoms with Crippen LogP contribution in [0.5, 0.6) is 0 Å². The molecule has 0 aromatic heterocycles. The Hall–Kier alpha value is -2.28. The SMILES string of the molecule is Cc1cc(N2CCCCC2)ccc1/C=C(/C#N)C(=O)NC1CCCC1. The molecule has 0 atom stereocenters. The Balaban J connectivity index is 1.73. The fourth-order valence-electron chi connectivity index (χ4n) is 3.81. The van der Waals surface area contributed by atoms with Gasteiger partial charge in [0.25, 0.3) is 5.91 Å². The quantitative estimate of drug-likeness (QED) is 0.668. The maximum atomic E-state index is 12.4. The minimum absolute atomic E-state index is 0.195. The Labute approximate surface area is 150 Å². The molecule has 132 valence electrons. The summed E-state index contributed by atoms with van der Waals surface area (Å²) in [5.41, 5.74) is 3.48. The van der Waals surface area contributed by atoms with E-state index in [0.29, 0.717) is 0 Å². The van der Waals surface area contributed by atoms with E-state index in [1.165, 1.54) is 24.9 Å². The van der Waals surface area contributed by atoms with Crippen molar-refractivity contribution in [3.63, 3.8) is 0 Å². The third-order valence-electron chi connectivity index (χ3n) is 5.33. The fraction of sp³-hybridized carbons (Fsp3) is 0.524. The number of piperidine rings is 1. The van der Waals surface area contributed by atoms with Crippen LogP contribution in [0.3, 0.4) is 0 Å². The van der Waals surface area contributed by atoms with Gasteiger partial charge < -0.3 is 10.2 Å². The summed E-state index contributed by atoms with van der Waals surface area (Å²) < 4.78 is 0. The lowest BCUT2D eigenvalue weighted by molar-refractivity contribution is -0.117. The van der Waals surface area contributed by atoms with Crippen molar-refractivity contribution in [3.05, 3.63) is 34.9 Å². The van der Waals surface area contributed by atoms with Crippen molar-refractivity contribution in [2.45, 2.75) is 57.9 Å². The van der Waals surface area contributed by atoms with Gasteiger partial charge in [0.05, 0.1) is 0 Å². The first kappa shape index (κ1) is 17.5. The molecule has 3 rings (SSSR count). The summed E-state index contributed by atoms with van der Waals surface area (Å²) in [5.74, 6) is -0.242. The number of hydrogen-bond donors (Lipinski definition) is 1. The number of carbonyl (C=O) groups excluding carboxylic acids is 1. The average molecular weight is 337 g/mol. The van der Waals surface area contributed by atoms with Crippen LogP contribution in [0.25, 0.3) is 6.08 Å². The van der Waals surface area contributed by atoms with Crippen molar-refractivity contribution >= 4 is 17.7 Å². The van der Waals surface area contributed by atoms with Crippen LogP contribution < -0.4 is 10.2 Å². The molecule has 1 aromatic rings. The summed E-state index contributed by atoms with van der Waals surface area (Å²) in [6, 6.07) is 8.60. The molecule has 4 nitrogen and oxygen atoms in total. The number of benzene rings is 1. The maximum Gasteiger partial charge on any atom is 0.262 e. The smallest absolute Gasteiger partial charge is 0.262 e. The highest BCUT2D eigenvalue weighted by molar-refractivity contribution is 6.02. The standard InChI is InChI=1S/C21H27N3O/c1-16-13-20(24-11-5-2-6-12-24)10-9-17(16)14-18(15-22)21(25)23-19-7-3-4-8-19/h9-10,13-14,19H,2-8,11-12H2,1H3,(H,23,25)/b18-14-. The molecule has 0 bridgehead atoms. The highest BCUT2D eigenvalue weighted by Gasteiger charge is 2.19. The predicted molar refractivity (Wildman–Crippen MR) is 101 cm³/mol. The van der Waals surface area contributed by atoms with Crippen LogP contribution in [0.4, 0.5) is 5.69 Å². The number of nitrogens with one attached hydrogen (secondary N) is 1. The largest absolute Gasteiger partial charge is 0.372 e. The molecule has 1 heterocycles. The summed E-state index contributed by atoms with van der Waals surface area (Å²) in [5, 5.41) is 12.4. The molecule has 1 aromatic carbocycles. The van der Waals surface area contributed by atoms with E-state index in [1.54, 1.807) is 6.08 Å². The molecule has 0 spiro atoms. The first-order chi connectivity index (χ1) is 12.2. The van der Waals surface area contributed by atoms with Crippen LogP contribution in [0.1, 0.15) is 56.1 Å². The van der Waals surface area contributed by atoms with Crippen molar-refractivity contribution in [1.29, 1.82) is 5.26 Å². The van der Waals surface area contributed by atoms with Crippen molar-refractivity contribution < 1.29 is 4.79 Å². The third kappa shape index (κ3) is 4.42. The Morgan fingerprint density at radius 1 is 1.20 bits per heavy atom. The number of nitriles is 1. The van der Waals surface area contributed by atoms with E-state index in [0.717, 1.165) is 49.9 Å². The molecular weight excluding hydrogens is 310 g/mol. The fourth-order valence-corrected chi connectivity index (χ4v) is 3.81. The summed E-state index contributed by atoms with van der Waals surface area (Å²) in [6.07, 6.45) is 9.90. The first-order valence-corrected chi connectivity index (χ1v) is 9.45. The normalized spacial score (nSPS) is 18.9. The molecule has 1 aliphatic heterocycles. The van der Waals surface area contributed by atoms with Gasteiger partial charge in [0.15, 0.2) is 0 Å². The molecule has 1 saturated heterocycles. The monoisotopic (exact) mass is 337 g/mol. The van der Waals surface area contributed by atoms with E-state index in [2.05, 4.69) is 28.4 Å². The highest BCUT2D eigenvalue weighted by atomic mass is 16.1. The minimum atomic E-state index is -0.242. The highest BCUT2D eigenvalue weighted by Crippen LogP contribution is 2.24.